The molecule has 0 radical (unpaired) electrons. The summed E-state index contributed by atoms with van der Waals surface area (Å²) in [5.74, 6) is 1.88. The Hall–Kier alpha value is -0.800. The molecule has 0 aliphatic carbocycles. The van der Waals surface area contributed by atoms with Gasteiger partial charge < -0.3 is 15.1 Å². The van der Waals surface area contributed by atoms with E-state index in [1.54, 1.807) is 6.26 Å². The van der Waals surface area contributed by atoms with E-state index in [2.05, 4.69) is 25.4 Å². The van der Waals surface area contributed by atoms with Crippen LogP contribution in [0.5, 0.6) is 0 Å². The summed E-state index contributed by atoms with van der Waals surface area (Å²) in [4.78, 5) is 9.43. The number of rotatable bonds is 5. The predicted octanol–water partition coefficient (Wildman–Crippen LogP) is 0.605. The zero-order valence-electron chi connectivity index (χ0n) is 13.1. The molecule has 0 aromatic carbocycles. The molecule has 2 bridgehead atoms. The number of guanidine groups is 1. The molecule has 1 aromatic rings. The number of fused-ring (bicyclic) bond motifs is 3. The number of nitrogens with zero attached hydrogens (tertiary/aromatic N) is 3. The minimum Gasteiger partial charge on any atom is -0.469 e. The van der Waals surface area contributed by atoms with Gasteiger partial charge >= 0.3 is 0 Å². The molecule has 1 aromatic heterocycles. The molecule has 0 saturated carbocycles. The van der Waals surface area contributed by atoms with Crippen LogP contribution in [0.25, 0.3) is 0 Å². The third-order valence-corrected chi connectivity index (χ3v) is 4.36. The standard InChI is InChI=1S/C15H25N5O.HI/c1-16-15(17-5-4-14-3-2-10-21-14)18-11-13-12-19-6-8-20(13)9-7-19;/h2-3,10,13H,4-9,11-12H2,1H3,(H2,16,17,18);1H. The number of piperazine rings is 3. The summed E-state index contributed by atoms with van der Waals surface area (Å²) in [6.07, 6.45) is 2.58. The highest BCUT2D eigenvalue weighted by Gasteiger charge is 2.31. The van der Waals surface area contributed by atoms with Crippen LogP contribution in [0.2, 0.25) is 0 Å². The smallest absolute Gasteiger partial charge is 0.191 e. The molecule has 1 atom stereocenters. The van der Waals surface area contributed by atoms with Crippen molar-refractivity contribution < 1.29 is 4.42 Å². The third kappa shape index (κ3) is 4.60. The van der Waals surface area contributed by atoms with Gasteiger partial charge in [-0.25, -0.2) is 0 Å². The van der Waals surface area contributed by atoms with E-state index in [9.17, 15) is 0 Å². The predicted molar refractivity (Wildman–Crippen MR) is 99.0 cm³/mol. The lowest BCUT2D eigenvalue weighted by Crippen LogP contribution is -2.63. The molecule has 4 heterocycles. The molecule has 4 rings (SSSR count). The third-order valence-electron chi connectivity index (χ3n) is 4.36. The lowest BCUT2D eigenvalue weighted by atomic mass is 10.1. The van der Waals surface area contributed by atoms with Crippen molar-refractivity contribution in [3.63, 3.8) is 0 Å². The number of aliphatic imine (C=N–C) groups is 1. The summed E-state index contributed by atoms with van der Waals surface area (Å²) in [7, 11) is 1.82. The maximum Gasteiger partial charge on any atom is 0.191 e. The zero-order chi connectivity index (χ0) is 14.5. The monoisotopic (exact) mass is 419 g/mol. The molecule has 3 fully saturated rings. The first-order chi connectivity index (χ1) is 10.3. The minimum atomic E-state index is 0. The number of hydrogen-bond acceptors (Lipinski definition) is 4. The Morgan fingerprint density at radius 3 is 2.73 bits per heavy atom. The average molecular weight is 419 g/mol. The molecule has 3 aliphatic heterocycles. The van der Waals surface area contributed by atoms with Crippen LogP contribution < -0.4 is 10.6 Å². The molecule has 2 N–H and O–H groups in total. The SMILES string of the molecule is CN=C(NCCc1ccco1)NCC1CN2CCN1CC2.I. The Bertz CT molecular complexity index is 457. The summed E-state index contributed by atoms with van der Waals surface area (Å²) in [6.45, 7) is 7.83. The maximum absolute atomic E-state index is 5.33. The molecule has 0 amide bonds. The van der Waals surface area contributed by atoms with E-state index in [1.165, 1.54) is 32.7 Å². The molecule has 3 saturated heterocycles. The van der Waals surface area contributed by atoms with Gasteiger partial charge in [-0.3, -0.25) is 14.8 Å². The van der Waals surface area contributed by atoms with Gasteiger partial charge in [0.1, 0.15) is 5.76 Å². The Morgan fingerprint density at radius 2 is 2.14 bits per heavy atom. The number of halogens is 1. The molecule has 0 spiro atoms. The van der Waals surface area contributed by atoms with Crippen molar-refractivity contribution in [2.75, 3.05) is 52.9 Å². The maximum atomic E-state index is 5.33. The van der Waals surface area contributed by atoms with Crippen molar-refractivity contribution >= 4 is 29.9 Å². The first-order valence-corrected chi connectivity index (χ1v) is 7.78. The molecule has 7 heteroatoms. The summed E-state index contributed by atoms with van der Waals surface area (Å²) >= 11 is 0. The van der Waals surface area contributed by atoms with Crippen LogP contribution in [-0.2, 0) is 6.42 Å². The van der Waals surface area contributed by atoms with Crippen molar-refractivity contribution in [3.05, 3.63) is 24.2 Å². The molecule has 1 unspecified atom stereocenters. The molecule has 6 nitrogen and oxygen atoms in total. The van der Waals surface area contributed by atoms with Crippen LogP contribution in [0.15, 0.2) is 27.8 Å². The van der Waals surface area contributed by atoms with Gasteiger partial charge in [-0.15, -0.1) is 24.0 Å². The van der Waals surface area contributed by atoms with E-state index < -0.39 is 0 Å². The van der Waals surface area contributed by atoms with E-state index >= 15 is 0 Å². The van der Waals surface area contributed by atoms with Crippen molar-refractivity contribution in [1.29, 1.82) is 0 Å². The van der Waals surface area contributed by atoms with Gasteiger partial charge in [0.05, 0.1) is 6.26 Å². The lowest BCUT2D eigenvalue weighted by molar-refractivity contribution is 0.0154. The second kappa shape index (κ2) is 8.73. The molecule has 22 heavy (non-hydrogen) atoms. The lowest BCUT2D eigenvalue weighted by Gasteiger charge is -2.47. The van der Waals surface area contributed by atoms with Gasteiger partial charge in [0, 0.05) is 65.3 Å². The zero-order valence-corrected chi connectivity index (χ0v) is 15.5. The van der Waals surface area contributed by atoms with Gasteiger partial charge in [-0.05, 0) is 12.1 Å². The highest BCUT2D eigenvalue weighted by molar-refractivity contribution is 14.0. The topological polar surface area (TPSA) is 56.0 Å². The van der Waals surface area contributed by atoms with Gasteiger partial charge in [-0.2, -0.15) is 0 Å². The fourth-order valence-electron chi connectivity index (χ4n) is 3.11. The van der Waals surface area contributed by atoms with E-state index in [0.717, 1.165) is 31.2 Å². The summed E-state index contributed by atoms with van der Waals surface area (Å²) < 4.78 is 5.33. The Morgan fingerprint density at radius 1 is 1.32 bits per heavy atom. The van der Waals surface area contributed by atoms with Gasteiger partial charge in [-0.1, -0.05) is 0 Å². The van der Waals surface area contributed by atoms with Crippen LogP contribution in [-0.4, -0.2) is 74.7 Å². The Balaban J connectivity index is 0.00000176. The van der Waals surface area contributed by atoms with Crippen LogP contribution in [0.4, 0.5) is 0 Å². The van der Waals surface area contributed by atoms with E-state index in [1.807, 2.05) is 19.2 Å². The van der Waals surface area contributed by atoms with Crippen LogP contribution in [0, 0.1) is 0 Å². The van der Waals surface area contributed by atoms with Crippen LogP contribution in [0.1, 0.15) is 5.76 Å². The Labute approximate surface area is 149 Å². The normalized spacial score (nSPS) is 27.3. The molecule has 124 valence electrons. The fourth-order valence-corrected chi connectivity index (χ4v) is 3.11. The quantitative estimate of drug-likeness (QED) is 0.416. The average Bonchev–Trinajstić information content (AvgIpc) is 3.05. The Kier molecular flexibility index (Phi) is 6.97. The highest BCUT2D eigenvalue weighted by Crippen LogP contribution is 2.14. The first-order valence-electron chi connectivity index (χ1n) is 7.78. The van der Waals surface area contributed by atoms with Crippen molar-refractivity contribution in [3.8, 4) is 0 Å². The van der Waals surface area contributed by atoms with E-state index in [4.69, 9.17) is 4.42 Å². The highest BCUT2D eigenvalue weighted by atomic mass is 127. The summed E-state index contributed by atoms with van der Waals surface area (Å²) in [5.41, 5.74) is 0. The number of furan rings is 1. The van der Waals surface area contributed by atoms with Crippen molar-refractivity contribution in [2.45, 2.75) is 12.5 Å². The largest absolute Gasteiger partial charge is 0.469 e. The second-order valence-corrected chi connectivity index (χ2v) is 5.70. The molecule has 3 aliphatic rings. The summed E-state index contributed by atoms with van der Waals surface area (Å²) in [5, 5.41) is 6.78. The van der Waals surface area contributed by atoms with Crippen LogP contribution >= 0.6 is 24.0 Å². The number of hydrogen-bond donors (Lipinski definition) is 2. The summed E-state index contributed by atoms with van der Waals surface area (Å²) in [6, 6.07) is 4.53. The minimum absolute atomic E-state index is 0. The fraction of sp³-hybridized carbons (Fsp3) is 0.667. The van der Waals surface area contributed by atoms with Gasteiger partial charge in [0.2, 0.25) is 0 Å². The second-order valence-electron chi connectivity index (χ2n) is 5.70. The van der Waals surface area contributed by atoms with Crippen molar-refractivity contribution in [2.24, 2.45) is 4.99 Å². The van der Waals surface area contributed by atoms with E-state index in [-0.39, 0.29) is 24.0 Å². The van der Waals surface area contributed by atoms with Gasteiger partial charge in [0.15, 0.2) is 5.96 Å². The van der Waals surface area contributed by atoms with Gasteiger partial charge in [0.25, 0.3) is 0 Å². The van der Waals surface area contributed by atoms with Crippen molar-refractivity contribution in [1.82, 2.24) is 20.4 Å². The first kappa shape index (κ1) is 17.6. The number of nitrogens with one attached hydrogen (secondary N) is 2. The van der Waals surface area contributed by atoms with E-state index in [0.29, 0.717) is 6.04 Å². The van der Waals surface area contributed by atoms with Crippen LogP contribution in [0.3, 0.4) is 0 Å². The molecular formula is C15H26IN5O. The molecular weight excluding hydrogens is 393 g/mol.